The van der Waals surface area contributed by atoms with Gasteiger partial charge in [0.25, 0.3) is 0 Å². The van der Waals surface area contributed by atoms with Crippen LogP contribution < -0.4 is 15.4 Å². The van der Waals surface area contributed by atoms with E-state index in [0.29, 0.717) is 41.8 Å². The molecule has 11 heteroatoms. The minimum absolute atomic E-state index is 0.219. The fraction of sp³-hybridized carbons (Fsp3) is 0.182. The van der Waals surface area contributed by atoms with Gasteiger partial charge in [0.2, 0.25) is 5.95 Å². The van der Waals surface area contributed by atoms with Crippen molar-refractivity contribution in [1.82, 2.24) is 35.1 Å². The molecule has 0 radical (unpaired) electrons. The van der Waals surface area contributed by atoms with Crippen LogP contribution in [0.15, 0.2) is 54.6 Å². The lowest BCUT2D eigenvalue weighted by Crippen LogP contribution is -2.16. The third-order valence-electron chi connectivity index (χ3n) is 4.90. The molecule has 1 aromatic carbocycles. The average Bonchev–Trinajstić information content (AvgIpc) is 3.25. The van der Waals surface area contributed by atoms with Crippen molar-refractivity contribution in [3.8, 4) is 17.0 Å². The van der Waals surface area contributed by atoms with Gasteiger partial charge in [-0.05, 0) is 42.3 Å². The average molecular weight is 447 g/mol. The molecule has 0 fully saturated rings. The van der Waals surface area contributed by atoms with Gasteiger partial charge in [0.1, 0.15) is 5.82 Å². The lowest BCUT2D eigenvalue weighted by molar-refractivity contribution is 0.386. The lowest BCUT2D eigenvalue weighted by atomic mass is 10.1. The minimum Gasteiger partial charge on any atom is -0.494 e. The predicted molar refractivity (Wildman–Crippen MR) is 122 cm³/mol. The summed E-state index contributed by atoms with van der Waals surface area (Å²) in [5, 5.41) is 26.1. The van der Waals surface area contributed by atoms with Crippen LogP contribution in [-0.4, -0.2) is 50.2 Å². The number of nitrogens with one attached hydrogen (secondary N) is 3. The summed E-state index contributed by atoms with van der Waals surface area (Å²) in [7, 11) is 3.17. The smallest absolute Gasteiger partial charge is 0.228 e. The number of allylic oxidation sites excluding steroid dienone is 1. The Hall–Kier alpha value is -4.41. The van der Waals surface area contributed by atoms with Crippen LogP contribution in [0.3, 0.4) is 0 Å². The van der Waals surface area contributed by atoms with Gasteiger partial charge < -0.3 is 20.8 Å². The highest BCUT2D eigenvalue weighted by atomic mass is 19.1. The summed E-state index contributed by atoms with van der Waals surface area (Å²) in [6.07, 6.45) is 7.17. The Kier molecular flexibility index (Phi) is 6.48. The van der Waals surface area contributed by atoms with Crippen LogP contribution in [0.4, 0.5) is 10.3 Å². The van der Waals surface area contributed by atoms with Crippen molar-refractivity contribution in [2.45, 2.75) is 12.8 Å². The molecule has 3 aromatic heterocycles. The lowest BCUT2D eigenvalue weighted by Gasteiger charge is -2.09. The molecule has 4 aromatic rings. The molecular weight excluding hydrogens is 425 g/mol. The molecule has 0 aliphatic rings. The van der Waals surface area contributed by atoms with Crippen LogP contribution >= 0.6 is 0 Å². The summed E-state index contributed by atoms with van der Waals surface area (Å²) < 4.78 is 20.6. The number of benzene rings is 1. The van der Waals surface area contributed by atoms with E-state index in [2.05, 4.69) is 35.9 Å². The molecule has 0 bridgehead atoms. The number of rotatable bonds is 9. The molecule has 0 spiro atoms. The summed E-state index contributed by atoms with van der Waals surface area (Å²) in [6, 6.07) is 8.52. The summed E-state index contributed by atoms with van der Waals surface area (Å²) in [6.45, 7) is 0. The molecule has 0 aliphatic carbocycles. The van der Waals surface area contributed by atoms with Crippen LogP contribution in [0.1, 0.15) is 11.4 Å². The summed E-state index contributed by atoms with van der Waals surface area (Å²) in [5.41, 5.74) is 2.83. The number of methoxy groups -OCH3 is 1. The van der Waals surface area contributed by atoms with Gasteiger partial charge in [0.15, 0.2) is 23.0 Å². The van der Waals surface area contributed by atoms with Gasteiger partial charge in [-0.15, -0.1) is 10.2 Å². The normalized spacial score (nSPS) is 11.4. The quantitative estimate of drug-likeness (QED) is 0.334. The topological polar surface area (TPSA) is 126 Å². The van der Waals surface area contributed by atoms with Gasteiger partial charge in [0.05, 0.1) is 19.0 Å². The second-order valence-corrected chi connectivity index (χ2v) is 6.99. The maximum atomic E-state index is 13.9. The number of hydrogen-bond donors (Lipinski definition) is 3. The Balaban J connectivity index is 1.52. The molecule has 168 valence electrons. The van der Waals surface area contributed by atoms with E-state index in [4.69, 9.17) is 10.1 Å². The van der Waals surface area contributed by atoms with Gasteiger partial charge in [-0.1, -0.05) is 6.07 Å². The first-order valence-corrected chi connectivity index (χ1v) is 10.1. The molecule has 3 heterocycles. The van der Waals surface area contributed by atoms with Crippen molar-refractivity contribution in [3.05, 3.63) is 71.8 Å². The van der Waals surface area contributed by atoms with Crippen LogP contribution in [-0.2, 0) is 12.8 Å². The van der Waals surface area contributed by atoms with Gasteiger partial charge in [-0.25, -0.2) is 14.4 Å². The number of hydrogen-bond acceptors (Lipinski definition) is 9. The van der Waals surface area contributed by atoms with E-state index in [1.807, 2.05) is 12.1 Å². The van der Waals surface area contributed by atoms with E-state index in [9.17, 15) is 4.39 Å². The van der Waals surface area contributed by atoms with Gasteiger partial charge >= 0.3 is 0 Å². The Morgan fingerprint density at radius 1 is 1.21 bits per heavy atom. The first kappa shape index (κ1) is 21.8. The Labute approximate surface area is 189 Å². The fourth-order valence-electron chi connectivity index (χ4n) is 3.23. The fourth-order valence-corrected chi connectivity index (χ4v) is 3.23. The standard InChI is InChI=1S/C22H22FN9O/c1-25-19(7-9-24)29-22-26-10-8-17(28-22)15-12-21-31-30-20(32(21)27-13-15)6-4-14-3-5-18(33-2)16(23)11-14/h3,5,7-13,24-25H,4,6H2,1-2H3,(H,26,28,29)/b19-7+,24-9?. The highest BCUT2D eigenvalue weighted by Gasteiger charge is 2.11. The van der Waals surface area contributed by atoms with Crippen molar-refractivity contribution in [1.29, 1.82) is 5.41 Å². The second-order valence-electron chi connectivity index (χ2n) is 6.99. The number of nitrogens with zero attached hydrogens (tertiary/aromatic N) is 6. The highest BCUT2D eigenvalue weighted by Crippen LogP contribution is 2.20. The molecule has 10 nitrogen and oxygen atoms in total. The minimum atomic E-state index is -0.391. The molecule has 0 saturated carbocycles. The van der Waals surface area contributed by atoms with Crippen molar-refractivity contribution in [3.63, 3.8) is 0 Å². The van der Waals surface area contributed by atoms with Crippen molar-refractivity contribution >= 4 is 17.8 Å². The van der Waals surface area contributed by atoms with Crippen molar-refractivity contribution in [2.75, 3.05) is 19.5 Å². The van der Waals surface area contributed by atoms with Crippen LogP contribution in [0.2, 0.25) is 0 Å². The third-order valence-corrected chi connectivity index (χ3v) is 4.90. The predicted octanol–water partition coefficient (Wildman–Crippen LogP) is 2.64. The monoisotopic (exact) mass is 447 g/mol. The molecule has 0 unspecified atom stereocenters. The molecule has 33 heavy (non-hydrogen) atoms. The molecule has 0 aliphatic heterocycles. The van der Waals surface area contributed by atoms with Gasteiger partial charge in [-0.3, -0.25) is 0 Å². The Morgan fingerprint density at radius 2 is 2.09 bits per heavy atom. The molecule has 3 N–H and O–H groups in total. The van der Waals surface area contributed by atoms with Crippen LogP contribution in [0.25, 0.3) is 16.9 Å². The molecule has 4 rings (SSSR count). The van der Waals surface area contributed by atoms with Crippen molar-refractivity contribution < 1.29 is 9.13 Å². The number of anilines is 1. The van der Waals surface area contributed by atoms with E-state index in [-0.39, 0.29) is 5.75 Å². The first-order chi connectivity index (χ1) is 16.1. The van der Waals surface area contributed by atoms with E-state index in [0.717, 1.165) is 17.3 Å². The maximum Gasteiger partial charge on any atom is 0.228 e. The van der Waals surface area contributed by atoms with Crippen molar-refractivity contribution in [2.24, 2.45) is 0 Å². The second kappa shape index (κ2) is 9.81. The molecule has 0 amide bonds. The number of aromatic nitrogens is 6. The molecule has 0 saturated heterocycles. The number of halogens is 1. The largest absolute Gasteiger partial charge is 0.494 e. The zero-order chi connectivity index (χ0) is 23.2. The van der Waals surface area contributed by atoms with Crippen LogP contribution in [0, 0.1) is 11.2 Å². The van der Waals surface area contributed by atoms with E-state index in [1.54, 1.807) is 42.2 Å². The zero-order valence-electron chi connectivity index (χ0n) is 18.1. The summed E-state index contributed by atoms with van der Waals surface area (Å²) in [5.74, 6) is 1.47. The third kappa shape index (κ3) is 4.92. The summed E-state index contributed by atoms with van der Waals surface area (Å²) in [4.78, 5) is 8.71. The first-order valence-electron chi connectivity index (χ1n) is 10.1. The van der Waals surface area contributed by atoms with Gasteiger partial charge in [0, 0.05) is 31.4 Å². The zero-order valence-corrected chi connectivity index (χ0v) is 18.1. The van der Waals surface area contributed by atoms with E-state index >= 15 is 0 Å². The van der Waals surface area contributed by atoms with E-state index < -0.39 is 5.82 Å². The van der Waals surface area contributed by atoms with Crippen LogP contribution in [0.5, 0.6) is 5.75 Å². The highest BCUT2D eigenvalue weighted by molar-refractivity contribution is 5.70. The molecular formula is C22H22FN9O. The molecule has 0 atom stereocenters. The number of aryl methyl sites for hydroxylation is 2. The maximum absolute atomic E-state index is 13.9. The Bertz CT molecular complexity index is 1320. The SMILES string of the molecule is CN/C(=C\C=N)Nc1nccc(-c2cnn3c(CCc4ccc(OC)c(F)c4)nnc3c2)n1. The van der Waals surface area contributed by atoms with E-state index in [1.165, 1.54) is 13.2 Å². The Morgan fingerprint density at radius 3 is 2.85 bits per heavy atom. The summed E-state index contributed by atoms with van der Waals surface area (Å²) >= 11 is 0. The number of fused-ring (bicyclic) bond motifs is 1. The number of ether oxygens (including phenoxy) is 1. The van der Waals surface area contributed by atoms with Gasteiger partial charge in [-0.2, -0.15) is 9.61 Å².